The SMILES string of the molecule is O=CNc1cc(-c2[nH]c3c(c2Nc2ccccc2)C(=O)CN(S(=O)(=O)c2cnc[nH]2)C3)ccn1. The van der Waals surface area contributed by atoms with Gasteiger partial charge in [-0.1, -0.05) is 18.2 Å². The first-order valence-corrected chi connectivity index (χ1v) is 11.7. The molecule has 172 valence electrons. The van der Waals surface area contributed by atoms with E-state index in [1.54, 1.807) is 12.1 Å². The number of sulfonamides is 1. The Kier molecular flexibility index (Phi) is 5.43. The summed E-state index contributed by atoms with van der Waals surface area (Å²) in [6.45, 7) is -0.347. The number of nitrogens with zero attached hydrogens (tertiary/aromatic N) is 3. The Balaban J connectivity index is 1.61. The maximum Gasteiger partial charge on any atom is 0.260 e. The van der Waals surface area contributed by atoms with Crippen molar-refractivity contribution in [1.82, 2.24) is 24.2 Å². The number of imidazole rings is 1. The minimum Gasteiger partial charge on any atom is -0.355 e. The molecule has 1 aromatic carbocycles. The van der Waals surface area contributed by atoms with Gasteiger partial charge in [0.1, 0.15) is 5.82 Å². The minimum absolute atomic E-state index is 0.0313. The Morgan fingerprint density at radius 3 is 2.68 bits per heavy atom. The van der Waals surface area contributed by atoms with Crippen LogP contribution >= 0.6 is 0 Å². The Morgan fingerprint density at radius 1 is 1.12 bits per heavy atom. The molecule has 1 amide bonds. The summed E-state index contributed by atoms with van der Waals surface area (Å²) in [7, 11) is -3.94. The van der Waals surface area contributed by atoms with Gasteiger partial charge in [-0.05, 0) is 24.3 Å². The van der Waals surface area contributed by atoms with Crippen LogP contribution in [0.25, 0.3) is 11.3 Å². The maximum atomic E-state index is 13.3. The van der Waals surface area contributed by atoms with Gasteiger partial charge in [-0.3, -0.25) is 9.59 Å². The summed E-state index contributed by atoms with van der Waals surface area (Å²) < 4.78 is 27.1. The molecule has 3 aromatic heterocycles. The predicted molar refractivity (Wildman–Crippen MR) is 124 cm³/mol. The second-order valence-corrected chi connectivity index (χ2v) is 9.43. The number of fused-ring (bicyclic) bond motifs is 1. The van der Waals surface area contributed by atoms with Crippen molar-refractivity contribution in [2.24, 2.45) is 0 Å². The molecule has 4 N–H and O–H groups in total. The fourth-order valence-electron chi connectivity index (χ4n) is 3.88. The number of hydrogen-bond donors (Lipinski definition) is 4. The average molecular weight is 478 g/mol. The number of nitrogens with one attached hydrogen (secondary N) is 4. The Morgan fingerprint density at radius 2 is 1.94 bits per heavy atom. The number of pyridine rings is 1. The van der Waals surface area contributed by atoms with Crippen LogP contribution in [0.5, 0.6) is 0 Å². The number of aromatic amines is 2. The second kappa shape index (κ2) is 8.57. The maximum absolute atomic E-state index is 13.3. The zero-order valence-electron chi connectivity index (χ0n) is 17.6. The van der Waals surface area contributed by atoms with Gasteiger partial charge < -0.3 is 20.6 Å². The third kappa shape index (κ3) is 3.84. The topological polar surface area (TPSA) is 153 Å². The number of aromatic nitrogens is 4. The first-order chi connectivity index (χ1) is 16.5. The molecule has 4 aromatic rings. The van der Waals surface area contributed by atoms with Gasteiger partial charge in [-0.2, -0.15) is 4.31 Å². The normalized spacial score (nSPS) is 13.9. The van der Waals surface area contributed by atoms with Crippen LogP contribution in [0.1, 0.15) is 16.1 Å². The molecular weight excluding hydrogens is 458 g/mol. The number of amides is 1. The quantitative estimate of drug-likeness (QED) is 0.298. The minimum atomic E-state index is -3.94. The lowest BCUT2D eigenvalue weighted by molar-refractivity contribution is -0.105. The zero-order valence-corrected chi connectivity index (χ0v) is 18.5. The molecule has 0 radical (unpaired) electrons. The molecular formula is C22H19N7O4S. The van der Waals surface area contributed by atoms with E-state index in [0.717, 1.165) is 9.99 Å². The van der Waals surface area contributed by atoms with Crippen molar-refractivity contribution >= 4 is 39.4 Å². The fourth-order valence-corrected chi connectivity index (χ4v) is 5.14. The van der Waals surface area contributed by atoms with Crippen LogP contribution in [-0.2, 0) is 21.4 Å². The lowest BCUT2D eigenvalue weighted by Gasteiger charge is -2.25. The highest BCUT2D eigenvalue weighted by atomic mass is 32.2. The molecule has 12 heteroatoms. The monoisotopic (exact) mass is 477 g/mol. The molecule has 0 aliphatic carbocycles. The molecule has 0 bridgehead atoms. The summed E-state index contributed by atoms with van der Waals surface area (Å²) in [5.41, 5.74) is 3.34. The largest absolute Gasteiger partial charge is 0.355 e. The number of hydrogen-bond acceptors (Lipinski definition) is 7. The lowest BCUT2D eigenvalue weighted by atomic mass is 10.0. The van der Waals surface area contributed by atoms with Gasteiger partial charge in [-0.15, -0.1) is 0 Å². The highest BCUT2D eigenvalue weighted by molar-refractivity contribution is 7.89. The second-order valence-electron chi connectivity index (χ2n) is 7.52. The Bertz CT molecular complexity index is 1460. The molecule has 0 saturated carbocycles. The summed E-state index contributed by atoms with van der Waals surface area (Å²) >= 11 is 0. The molecule has 0 saturated heterocycles. The number of benzene rings is 1. The Labute approximate surface area is 194 Å². The van der Waals surface area contributed by atoms with Gasteiger partial charge in [0, 0.05) is 23.1 Å². The van der Waals surface area contributed by atoms with Crippen LogP contribution in [0.3, 0.4) is 0 Å². The van der Waals surface area contributed by atoms with Crippen molar-refractivity contribution in [3.63, 3.8) is 0 Å². The summed E-state index contributed by atoms with van der Waals surface area (Å²) in [6, 6.07) is 12.7. The Hall–Kier alpha value is -4.29. The van der Waals surface area contributed by atoms with Crippen LogP contribution < -0.4 is 10.6 Å². The highest BCUT2D eigenvalue weighted by Gasteiger charge is 2.37. The van der Waals surface area contributed by atoms with E-state index < -0.39 is 10.0 Å². The number of ketones is 1. The van der Waals surface area contributed by atoms with E-state index in [2.05, 4.69) is 30.6 Å². The van der Waals surface area contributed by atoms with E-state index in [1.807, 2.05) is 30.3 Å². The summed E-state index contributed by atoms with van der Waals surface area (Å²) in [5.74, 6) is -0.0222. The van der Waals surface area contributed by atoms with Crippen molar-refractivity contribution in [2.75, 3.05) is 17.2 Å². The van der Waals surface area contributed by atoms with Crippen LogP contribution in [-0.4, -0.2) is 51.4 Å². The number of Topliss-reactive ketones (excluding diaryl/α,β-unsaturated/α-hetero) is 1. The highest BCUT2D eigenvalue weighted by Crippen LogP contribution is 2.39. The molecule has 0 atom stereocenters. The molecule has 5 rings (SSSR count). The third-order valence-electron chi connectivity index (χ3n) is 5.40. The van der Waals surface area contributed by atoms with Crippen LogP contribution in [0.4, 0.5) is 17.2 Å². The predicted octanol–water partition coefficient (Wildman–Crippen LogP) is 2.50. The fraction of sp³-hybridized carbons (Fsp3) is 0.0909. The van der Waals surface area contributed by atoms with E-state index in [1.165, 1.54) is 18.7 Å². The van der Waals surface area contributed by atoms with Crippen molar-refractivity contribution in [2.45, 2.75) is 11.6 Å². The van der Waals surface area contributed by atoms with Gasteiger partial charge in [0.25, 0.3) is 10.0 Å². The number of H-pyrrole nitrogens is 2. The summed E-state index contributed by atoms with van der Waals surface area (Å²) in [5, 5.41) is 5.72. The lowest BCUT2D eigenvalue weighted by Crippen LogP contribution is -2.39. The van der Waals surface area contributed by atoms with Gasteiger partial charge >= 0.3 is 0 Å². The van der Waals surface area contributed by atoms with Crippen molar-refractivity contribution in [3.8, 4) is 11.3 Å². The molecule has 1 aliphatic heterocycles. The summed E-state index contributed by atoms with van der Waals surface area (Å²) in [4.78, 5) is 37.8. The van der Waals surface area contributed by atoms with E-state index in [9.17, 15) is 18.0 Å². The molecule has 0 spiro atoms. The van der Waals surface area contributed by atoms with Gasteiger partial charge in [-0.25, -0.2) is 18.4 Å². The first-order valence-electron chi connectivity index (χ1n) is 10.2. The number of carbonyl (C=O) groups excluding carboxylic acids is 2. The molecule has 0 fully saturated rings. The molecule has 4 heterocycles. The van der Waals surface area contributed by atoms with E-state index >= 15 is 0 Å². The third-order valence-corrected chi connectivity index (χ3v) is 7.12. The molecule has 11 nitrogen and oxygen atoms in total. The van der Waals surface area contributed by atoms with Crippen molar-refractivity contribution in [1.29, 1.82) is 0 Å². The average Bonchev–Trinajstić information content (AvgIpc) is 3.50. The van der Waals surface area contributed by atoms with E-state index in [-0.39, 0.29) is 23.9 Å². The van der Waals surface area contributed by atoms with Crippen LogP contribution in [0.15, 0.2) is 66.2 Å². The van der Waals surface area contributed by atoms with Crippen molar-refractivity contribution in [3.05, 3.63) is 72.4 Å². The number of carbonyl (C=O) groups is 2. The molecule has 1 aliphatic rings. The van der Waals surface area contributed by atoms with E-state index in [0.29, 0.717) is 40.4 Å². The zero-order chi connectivity index (χ0) is 23.7. The first kappa shape index (κ1) is 21.6. The van der Waals surface area contributed by atoms with E-state index in [4.69, 9.17) is 0 Å². The van der Waals surface area contributed by atoms with Crippen LogP contribution in [0.2, 0.25) is 0 Å². The molecule has 0 unspecified atom stereocenters. The van der Waals surface area contributed by atoms with Gasteiger partial charge in [0.05, 0.1) is 42.6 Å². The number of anilines is 3. The van der Waals surface area contributed by atoms with Crippen LogP contribution in [0, 0.1) is 0 Å². The number of rotatable bonds is 7. The standard InChI is InChI=1S/C22H19N7O4S/c30-13-26-18-8-14(6-7-24-18)21-22(27-15-4-2-1-3-5-15)20-16(28-21)10-29(11-17(20)31)34(32,33)19-9-23-12-25-19/h1-9,12-13,27-28H,10-11H2,(H,23,25)(H,24,26,30). The van der Waals surface area contributed by atoms with Gasteiger partial charge in [0.2, 0.25) is 6.41 Å². The number of para-hydroxylation sites is 1. The smallest absolute Gasteiger partial charge is 0.260 e. The van der Waals surface area contributed by atoms with Crippen molar-refractivity contribution < 1.29 is 18.0 Å². The summed E-state index contributed by atoms with van der Waals surface area (Å²) in [6.07, 6.45) is 4.53. The molecule has 34 heavy (non-hydrogen) atoms. The van der Waals surface area contributed by atoms with Gasteiger partial charge in [0.15, 0.2) is 10.8 Å².